The highest BCUT2D eigenvalue weighted by molar-refractivity contribution is 5.72. The van der Waals surface area contributed by atoms with Gasteiger partial charge in [0.1, 0.15) is 5.75 Å². The Kier molecular flexibility index (Phi) is 4.30. The molecule has 1 fully saturated rings. The lowest BCUT2D eigenvalue weighted by molar-refractivity contribution is 0.244. The molecule has 4 nitrogen and oxygen atoms in total. The minimum absolute atomic E-state index is 0.0778. The Hall–Kier alpha value is -1.71. The van der Waals surface area contributed by atoms with Gasteiger partial charge in [0.25, 0.3) is 0 Å². The summed E-state index contributed by atoms with van der Waals surface area (Å²) >= 11 is 0. The molecule has 0 heterocycles. The summed E-state index contributed by atoms with van der Waals surface area (Å²) in [6.07, 6.45) is 4.16. The average molecular weight is 262 g/mol. The van der Waals surface area contributed by atoms with Gasteiger partial charge in [-0.05, 0) is 48.8 Å². The molecule has 0 saturated heterocycles. The molecule has 1 unspecified atom stereocenters. The molecule has 3 N–H and O–H groups in total. The van der Waals surface area contributed by atoms with Crippen molar-refractivity contribution in [3.8, 4) is 5.75 Å². The Morgan fingerprint density at radius 1 is 1.53 bits per heavy atom. The van der Waals surface area contributed by atoms with E-state index in [1.807, 2.05) is 6.92 Å². The summed E-state index contributed by atoms with van der Waals surface area (Å²) in [7, 11) is 1.71. The molecule has 0 spiro atoms. The van der Waals surface area contributed by atoms with Gasteiger partial charge in [-0.2, -0.15) is 0 Å². The van der Waals surface area contributed by atoms with E-state index in [4.69, 9.17) is 10.5 Å². The molecule has 0 aliphatic heterocycles. The highest BCUT2D eigenvalue weighted by atomic mass is 16.5. The molecule has 0 aromatic heterocycles. The number of amides is 2. The first kappa shape index (κ1) is 13.7. The van der Waals surface area contributed by atoms with E-state index in [-0.39, 0.29) is 6.04 Å². The highest BCUT2D eigenvalue weighted by Gasteiger charge is 2.26. The minimum Gasteiger partial charge on any atom is -0.496 e. The van der Waals surface area contributed by atoms with Crippen LogP contribution in [0.15, 0.2) is 18.2 Å². The fourth-order valence-electron chi connectivity index (χ4n) is 2.40. The third-order valence-corrected chi connectivity index (χ3v) is 3.64. The Labute approximate surface area is 114 Å². The average Bonchev–Trinajstić information content (AvgIpc) is 3.21. The zero-order chi connectivity index (χ0) is 13.8. The summed E-state index contributed by atoms with van der Waals surface area (Å²) in [6, 6.07) is 5.98. The van der Waals surface area contributed by atoms with Crippen LogP contribution in [0.4, 0.5) is 4.79 Å². The highest BCUT2D eigenvalue weighted by Crippen LogP contribution is 2.44. The zero-order valence-corrected chi connectivity index (χ0v) is 11.6. The van der Waals surface area contributed by atoms with Crippen molar-refractivity contribution >= 4 is 6.03 Å². The van der Waals surface area contributed by atoms with Crippen LogP contribution in [0.1, 0.15) is 43.2 Å². The number of benzene rings is 1. The van der Waals surface area contributed by atoms with Crippen molar-refractivity contribution in [1.29, 1.82) is 0 Å². The number of methoxy groups -OCH3 is 1. The van der Waals surface area contributed by atoms with Crippen molar-refractivity contribution in [2.24, 2.45) is 5.73 Å². The number of primary amides is 1. The molecule has 104 valence electrons. The number of urea groups is 1. The van der Waals surface area contributed by atoms with E-state index in [9.17, 15) is 4.79 Å². The molecule has 1 aromatic carbocycles. The Bertz CT molecular complexity index is 455. The lowest BCUT2D eigenvalue weighted by Crippen LogP contribution is -2.39. The van der Waals surface area contributed by atoms with Crippen LogP contribution in [0.25, 0.3) is 0 Å². The number of carbonyl (C=O) groups excluding carboxylic acids is 1. The number of rotatable bonds is 6. The van der Waals surface area contributed by atoms with E-state index in [1.165, 1.54) is 24.0 Å². The fourth-order valence-corrected chi connectivity index (χ4v) is 2.40. The van der Waals surface area contributed by atoms with E-state index < -0.39 is 6.03 Å². The van der Waals surface area contributed by atoms with Gasteiger partial charge in [0.2, 0.25) is 0 Å². The number of nitrogens with two attached hydrogens (primary N) is 1. The molecule has 4 heteroatoms. The Morgan fingerprint density at radius 2 is 2.26 bits per heavy atom. The second kappa shape index (κ2) is 5.95. The predicted octanol–water partition coefficient (Wildman–Crippen LogP) is 2.56. The first-order valence-electron chi connectivity index (χ1n) is 6.86. The minimum atomic E-state index is -0.464. The van der Waals surface area contributed by atoms with Gasteiger partial charge in [0, 0.05) is 6.04 Å². The topological polar surface area (TPSA) is 64.3 Å². The third kappa shape index (κ3) is 3.63. The summed E-state index contributed by atoms with van der Waals surface area (Å²) < 4.78 is 5.47. The van der Waals surface area contributed by atoms with Crippen LogP contribution in [0.5, 0.6) is 5.75 Å². The normalized spacial score (nSPS) is 15.9. The largest absolute Gasteiger partial charge is 0.496 e. The number of ether oxygens (including phenoxy) is 1. The lowest BCUT2D eigenvalue weighted by Gasteiger charge is -2.17. The van der Waals surface area contributed by atoms with Gasteiger partial charge in [-0.15, -0.1) is 0 Å². The van der Waals surface area contributed by atoms with Crippen LogP contribution in [0.2, 0.25) is 0 Å². The summed E-state index contributed by atoms with van der Waals surface area (Å²) in [4.78, 5) is 10.9. The van der Waals surface area contributed by atoms with E-state index in [2.05, 4.69) is 23.5 Å². The van der Waals surface area contributed by atoms with Crippen molar-refractivity contribution < 1.29 is 9.53 Å². The number of carbonyl (C=O) groups is 1. The molecule has 1 aliphatic rings. The Morgan fingerprint density at radius 3 is 2.79 bits per heavy atom. The first-order valence-corrected chi connectivity index (χ1v) is 6.86. The number of nitrogens with one attached hydrogen (secondary N) is 1. The predicted molar refractivity (Wildman–Crippen MR) is 75.5 cm³/mol. The van der Waals surface area contributed by atoms with Crippen molar-refractivity contribution in [3.05, 3.63) is 29.3 Å². The molecular formula is C15H22N2O2. The van der Waals surface area contributed by atoms with Crippen molar-refractivity contribution in [3.63, 3.8) is 0 Å². The monoisotopic (exact) mass is 262 g/mol. The van der Waals surface area contributed by atoms with Gasteiger partial charge < -0.3 is 15.8 Å². The van der Waals surface area contributed by atoms with Gasteiger partial charge in [-0.3, -0.25) is 0 Å². The summed E-state index contributed by atoms with van der Waals surface area (Å²) in [5.41, 5.74) is 7.65. The van der Waals surface area contributed by atoms with E-state index in [0.29, 0.717) is 5.92 Å². The number of hydrogen-bond donors (Lipinski definition) is 2. The van der Waals surface area contributed by atoms with Crippen molar-refractivity contribution in [2.75, 3.05) is 7.11 Å². The van der Waals surface area contributed by atoms with Crippen LogP contribution >= 0.6 is 0 Å². The smallest absolute Gasteiger partial charge is 0.312 e. The molecule has 2 amide bonds. The Balaban J connectivity index is 2.09. The van der Waals surface area contributed by atoms with E-state index >= 15 is 0 Å². The van der Waals surface area contributed by atoms with Crippen LogP contribution in [-0.4, -0.2) is 19.2 Å². The third-order valence-electron chi connectivity index (χ3n) is 3.64. The van der Waals surface area contributed by atoms with Crippen LogP contribution in [0.3, 0.4) is 0 Å². The maximum Gasteiger partial charge on any atom is 0.312 e. The standard InChI is InChI=1S/C15H22N2O2/c1-3-12(17-15(16)18)8-10-4-7-13(11-5-6-11)14(9-10)19-2/h4,7,9,11-12H,3,5-6,8H2,1-2H3,(H3,16,17,18). The second-order valence-corrected chi connectivity index (χ2v) is 5.17. The molecule has 1 aromatic rings. The first-order chi connectivity index (χ1) is 9.13. The van der Waals surface area contributed by atoms with Crippen molar-refractivity contribution in [1.82, 2.24) is 5.32 Å². The van der Waals surface area contributed by atoms with Crippen molar-refractivity contribution in [2.45, 2.75) is 44.6 Å². The summed E-state index contributed by atoms with van der Waals surface area (Å²) in [5, 5.41) is 2.76. The molecule has 0 bridgehead atoms. The zero-order valence-electron chi connectivity index (χ0n) is 11.6. The summed E-state index contributed by atoms with van der Waals surface area (Å²) in [5.74, 6) is 1.64. The molecule has 1 atom stereocenters. The number of hydrogen-bond acceptors (Lipinski definition) is 2. The fraction of sp³-hybridized carbons (Fsp3) is 0.533. The molecule has 1 saturated carbocycles. The molecule has 1 aliphatic carbocycles. The lowest BCUT2D eigenvalue weighted by atomic mass is 10.0. The quantitative estimate of drug-likeness (QED) is 0.827. The summed E-state index contributed by atoms with van der Waals surface area (Å²) in [6.45, 7) is 2.04. The van der Waals surface area contributed by atoms with Gasteiger partial charge in [0.15, 0.2) is 0 Å². The molecule has 2 rings (SSSR count). The SMILES string of the molecule is CCC(Cc1ccc(C2CC2)c(OC)c1)NC(N)=O. The van der Waals surface area contributed by atoms with Gasteiger partial charge >= 0.3 is 6.03 Å². The van der Waals surface area contributed by atoms with E-state index in [1.54, 1.807) is 7.11 Å². The molecule has 0 radical (unpaired) electrons. The van der Waals surface area contributed by atoms with Gasteiger partial charge in [0.05, 0.1) is 7.11 Å². The van der Waals surface area contributed by atoms with E-state index in [0.717, 1.165) is 18.6 Å². The van der Waals surface area contributed by atoms with Gasteiger partial charge in [-0.25, -0.2) is 4.79 Å². The van der Waals surface area contributed by atoms with Crippen LogP contribution in [0, 0.1) is 0 Å². The van der Waals surface area contributed by atoms with Crippen LogP contribution < -0.4 is 15.8 Å². The second-order valence-electron chi connectivity index (χ2n) is 5.17. The maximum absolute atomic E-state index is 10.9. The maximum atomic E-state index is 10.9. The van der Waals surface area contributed by atoms with Gasteiger partial charge in [-0.1, -0.05) is 19.1 Å². The molecular weight excluding hydrogens is 240 g/mol. The molecule has 19 heavy (non-hydrogen) atoms. The van der Waals surface area contributed by atoms with Crippen LogP contribution in [-0.2, 0) is 6.42 Å².